The lowest BCUT2D eigenvalue weighted by molar-refractivity contribution is 0.0536. The van der Waals surface area contributed by atoms with Crippen LogP contribution in [0.2, 0.25) is 0 Å². The SMILES string of the molecule is Bc1ccc(OC)c2c(C(=O)N3CCN(C(=O)c4ccccc4)CC3)c[nH]c12. The summed E-state index contributed by atoms with van der Waals surface area (Å²) in [6, 6.07) is 13.1. The number of fused-ring (bicyclic) bond motifs is 1. The van der Waals surface area contributed by atoms with Gasteiger partial charge in [0.15, 0.2) is 0 Å². The third-order valence-corrected chi connectivity index (χ3v) is 5.33. The van der Waals surface area contributed by atoms with Crippen LogP contribution < -0.4 is 10.2 Å². The lowest BCUT2D eigenvalue weighted by Gasteiger charge is -2.34. The van der Waals surface area contributed by atoms with Crippen LogP contribution in [-0.4, -0.2) is 67.7 Å². The number of nitrogens with zero attached hydrogens (tertiary/aromatic N) is 2. The second-order valence-electron chi connectivity index (χ2n) is 6.99. The minimum Gasteiger partial charge on any atom is -0.496 e. The highest BCUT2D eigenvalue weighted by Crippen LogP contribution is 2.28. The van der Waals surface area contributed by atoms with E-state index in [0.717, 1.165) is 16.4 Å². The molecule has 0 radical (unpaired) electrons. The van der Waals surface area contributed by atoms with Gasteiger partial charge < -0.3 is 19.5 Å². The van der Waals surface area contributed by atoms with Gasteiger partial charge >= 0.3 is 0 Å². The molecule has 0 aliphatic carbocycles. The Balaban J connectivity index is 1.51. The quantitative estimate of drug-likeness (QED) is 0.696. The molecule has 0 bridgehead atoms. The number of methoxy groups -OCH3 is 1. The van der Waals surface area contributed by atoms with Gasteiger partial charge in [0.05, 0.1) is 18.1 Å². The largest absolute Gasteiger partial charge is 0.496 e. The standard InChI is InChI=1S/C21H22BN3O3/c1-28-17-8-7-16(22)19-18(17)15(13-23-19)21(27)25-11-9-24(10-12-25)20(26)14-5-3-2-4-6-14/h2-8,13,23H,9-12,22H2,1H3. The van der Waals surface area contributed by atoms with Crippen molar-refractivity contribution in [3.63, 3.8) is 0 Å². The van der Waals surface area contributed by atoms with Gasteiger partial charge in [-0.05, 0) is 18.2 Å². The fourth-order valence-electron chi connectivity index (χ4n) is 3.74. The molecule has 1 saturated heterocycles. The Labute approximate surface area is 164 Å². The smallest absolute Gasteiger partial charge is 0.256 e. The summed E-state index contributed by atoms with van der Waals surface area (Å²) in [5, 5.41) is 0.815. The number of nitrogens with one attached hydrogen (secondary N) is 1. The maximum Gasteiger partial charge on any atom is 0.256 e. The maximum atomic E-state index is 13.1. The average molecular weight is 375 g/mol. The van der Waals surface area contributed by atoms with Crippen molar-refractivity contribution in [3.05, 3.63) is 59.8 Å². The number of H-pyrrole nitrogens is 1. The van der Waals surface area contributed by atoms with Crippen molar-refractivity contribution in [2.45, 2.75) is 0 Å². The molecule has 1 N–H and O–H groups in total. The van der Waals surface area contributed by atoms with Gasteiger partial charge in [-0.25, -0.2) is 0 Å². The van der Waals surface area contributed by atoms with Crippen molar-refractivity contribution in [2.24, 2.45) is 0 Å². The van der Waals surface area contributed by atoms with Crippen molar-refractivity contribution in [3.8, 4) is 5.75 Å². The Kier molecular flexibility index (Phi) is 4.82. The zero-order chi connectivity index (χ0) is 19.7. The van der Waals surface area contributed by atoms with E-state index in [0.29, 0.717) is 43.1 Å². The Bertz CT molecular complexity index is 1020. The van der Waals surface area contributed by atoms with Gasteiger partial charge in [-0.3, -0.25) is 9.59 Å². The van der Waals surface area contributed by atoms with E-state index in [1.54, 1.807) is 23.1 Å². The van der Waals surface area contributed by atoms with Crippen molar-refractivity contribution < 1.29 is 14.3 Å². The van der Waals surface area contributed by atoms with Crippen LogP contribution in [0.25, 0.3) is 10.9 Å². The Morgan fingerprint density at radius 1 is 0.964 bits per heavy atom. The van der Waals surface area contributed by atoms with E-state index >= 15 is 0 Å². The number of carbonyl (C=O) groups is 2. The number of aromatic nitrogens is 1. The minimum absolute atomic E-state index is 0.0112. The topological polar surface area (TPSA) is 65.6 Å². The number of hydrogen-bond donors (Lipinski definition) is 1. The molecule has 0 spiro atoms. The zero-order valence-electron chi connectivity index (χ0n) is 16.1. The Morgan fingerprint density at radius 2 is 1.61 bits per heavy atom. The average Bonchev–Trinajstić information content (AvgIpc) is 3.20. The zero-order valence-corrected chi connectivity index (χ0v) is 16.1. The molecule has 0 atom stereocenters. The molecule has 1 aliphatic rings. The second-order valence-corrected chi connectivity index (χ2v) is 6.99. The maximum absolute atomic E-state index is 13.1. The predicted molar refractivity (Wildman–Crippen MR) is 111 cm³/mol. The number of aromatic amines is 1. The van der Waals surface area contributed by atoms with Crippen LogP contribution in [-0.2, 0) is 0 Å². The number of ether oxygens (including phenoxy) is 1. The fourth-order valence-corrected chi connectivity index (χ4v) is 3.74. The number of carbonyl (C=O) groups excluding carboxylic acids is 2. The van der Waals surface area contributed by atoms with E-state index < -0.39 is 0 Å². The first kappa shape index (κ1) is 18.2. The lowest BCUT2D eigenvalue weighted by Crippen LogP contribution is -2.50. The van der Waals surface area contributed by atoms with Crippen LogP contribution in [0.4, 0.5) is 0 Å². The van der Waals surface area contributed by atoms with E-state index in [1.807, 2.05) is 50.3 Å². The van der Waals surface area contributed by atoms with Crippen LogP contribution in [0, 0.1) is 0 Å². The normalized spacial score (nSPS) is 14.3. The summed E-state index contributed by atoms with van der Waals surface area (Å²) in [5.74, 6) is 0.655. The van der Waals surface area contributed by atoms with Crippen LogP contribution in [0.1, 0.15) is 20.7 Å². The molecule has 1 aliphatic heterocycles. The number of rotatable bonds is 3. The molecule has 7 heteroatoms. The van der Waals surface area contributed by atoms with Crippen molar-refractivity contribution in [2.75, 3.05) is 33.3 Å². The van der Waals surface area contributed by atoms with E-state index in [4.69, 9.17) is 4.74 Å². The van der Waals surface area contributed by atoms with Gasteiger partial charge in [-0.2, -0.15) is 0 Å². The molecule has 0 unspecified atom stereocenters. The van der Waals surface area contributed by atoms with E-state index in [-0.39, 0.29) is 11.8 Å². The van der Waals surface area contributed by atoms with Crippen molar-refractivity contribution in [1.29, 1.82) is 0 Å². The molecule has 0 saturated carbocycles. The summed E-state index contributed by atoms with van der Waals surface area (Å²) in [6.45, 7) is 2.08. The number of benzene rings is 2. The molecule has 2 aromatic carbocycles. The third-order valence-electron chi connectivity index (χ3n) is 5.33. The summed E-state index contributed by atoms with van der Waals surface area (Å²) >= 11 is 0. The Hall–Kier alpha value is -3.22. The van der Waals surface area contributed by atoms with E-state index in [2.05, 4.69) is 4.98 Å². The minimum atomic E-state index is -0.0399. The van der Waals surface area contributed by atoms with Crippen LogP contribution >= 0.6 is 0 Å². The van der Waals surface area contributed by atoms with Gasteiger partial charge in [0, 0.05) is 43.5 Å². The molecule has 1 fully saturated rings. The van der Waals surface area contributed by atoms with Gasteiger partial charge in [0.25, 0.3) is 11.8 Å². The first-order valence-electron chi connectivity index (χ1n) is 9.38. The van der Waals surface area contributed by atoms with E-state index in [9.17, 15) is 9.59 Å². The Morgan fingerprint density at radius 3 is 2.25 bits per heavy atom. The molecule has 2 heterocycles. The summed E-state index contributed by atoms with van der Waals surface area (Å²) in [7, 11) is 3.61. The summed E-state index contributed by atoms with van der Waals surface area (Å²) in [4.78, 5) is 32.6. The molecule has 142 valence electrons. The van der Waals surface area contributed by atoms with Crippen LogP contribution in [0.5, 0.6) is 5.75 Å². The molecule has 2 amide bonds. The molecule has 3 aromatic rings. The summed E-state index contributed by atoms with van der Waals surface area (Å²) in [6.07, 6.45) is 1.75. The molecule has 4 rings (SSSR count). The molecule has 28 heavy (non-hydrogen) atoms. The van der Waals surface area contributed by atoms with Crippen molar-refractivity contribution in [1.82, 2.24) is 14.8 Å². The van der Waals surface area contributed by atoms with Crippen LogP contribution in [0.3, 0.4) is 0 Å². The highest BCUT2D eigenvalue weighted by Gasteiger charge is 2.27. The third kappa shape index (κ3) is 3.13. The monoisotopic (exact) mass is 375 g/mol. The lowest BCUT2D eigenvalue weighted by atomic mass is 9.92. The van der Waals surface area contributed by atoms with Gasteiger partial charge in [0.2, 0.25) is 0 Å². The summed E-state index contributed by atoms with van der Waals surface area (Å²) in [5.41, 5.74) is 3.27. The van der Waals surface area contributed by atoms with Crippen LogP contribution in [0.15, 0.2) is 48.7 Å². The van der Waals surface area contributed by atoms with Gasteiger partial charge in [-0.15, -0.1) is 0 Å². The van der Waals surface area contributed by atoms with Gasteiger partial charge in [0.1, 0.15) is 13.6 Å². The number of hydrogen-bond acceptors (Lipinski definition) is 3. The summed E-state index contributed by atoms with van der Waals surface area (Å²) < 4.78 is 5.47. The molecule has 6 nitrogen and oxygen atoms in total. The highest BCUT2D eigenvalue weighted by atomic mass is 16.5. The molecular weight excluding hydrogens is 353 g/mol. The predicted octanol–water partition coefficient (Wildman–Crippen LogP) is 1.03. The fraction of sp³-hybridized carbons (Fsp3) is 0.238. The first-order valence-corrected chi connectivity index (χ1v) is 9.38. The molecular formula is C21H22BN3O3. The number of piperazine rings is 1. The molecule has 1 aromatic heterocycles. The number of amides is 2. The second kappa shape index (κ2) is 7.42. The van der Waals surface area contributed by atoms with Gasteiger partial charge in [-0.1, -0.05) is 29.7 Å². The van der Waals surface area contributed by atoms with E-state index in [1.165, 1.54) is 0 Å². The first-order chi connectivity index (χ1) is 13.6. The van der Waals surface area contributed by atoms with Crippen molar-refractivity contribution >= 4 is 36.0 Å². The highest BCUT2D eigenvalue weighted by molar-refractivity contribution is 6.39.